The summed E-state index contributed by atoms with van der Waals surface area (Å²) >= 11 is 0. The summed E-state index contributed by atoms with van der Waals surface area (Å²) < 4.78 is 13.4. The molecule has 0 aliphatic heterocycles. The van der Waals surface area contributed by atoms with Crippen molar-refractivity contribution in [1.29, 1.82) is 0 Å². The van der Waals surface area contributed by atoms with Crippen LogP contribution < -0.4 is 5.32 Å². The van der Waals surface area contributed by atoms with Crippen LogP contribution in [0.25, 0.3) is 0 Å². The van der Waals surface area contributed by atoms with Crippen molar-refractivity contribution in [2.45, 2.75) is 32.6 Å². The number of hydrogen-bond donors (Lipinski definition) is 2. The van der Waals surface area contributed by atoms with E-state index in [1.165, 1.54) is 18.2 Å². The first kappa shape index (κ1) is 14.5. The molecular formula is C15H18FNO3. The number of carbonyl (C=O) groups excluding carboxylic acids is 1. The summed E-state index contributed by atoms with van der Waals surface area (Å²) in [6.45, 7) is 1.71. The Labute approximate surface area is 117 Å². The van der Waals surface area contributed by atoms with Crippen LogP contribution in [0.5, 0.6) is 0 Å². The highest BCUT2D eigenvalue weighted by molar-refractivity contribution is 5.94. The van der Waals surface area contributed by atoms with Crippen molar-refractivity contribution in [2.75, 3.05) is 6.54 Å². The minimum Gasteiger partial charge on any atom is -0.481 e. The van der Waals surface area contributed by atoms with Gasteiger partial charge in [-0.1, -0.05) is 18.9 Å². The van der Waals surface area contributed by atoms with Crippen LogP contribution in [0.3, 0.4) is 0 Å². The Hall–Kier alpha value is -1.91. The van der Waals surface area contributed by atoms with E-state index in [-0.39, 0.29) is 12.1 Å². The first-order valence-corrected chi connectivity index (χ1v) is 6.72. The van der Waals surface area contributed by atoms with E-state index in [4.69, 9.17) is 0 Å². The van der Waals surface area contributed by atoms with Gasteiger partial charge in [0.15, 0.2) is 0 Å². The zero-order valence-electron chi connectivity index (χ0n) is 11.4. The SMILES string of the molecule is Cc1ccc(C(=O)NCC2(C(=O)O)CCCC2)cc1F. The maximum absolute atomic E-state index is 13.4. The molecule has 1 aliphatic carbocycles. The van der Waals surface area contributed by atoms with E-state index in [1.54, 1.807) is 6.92 Å². The fourth-order valence-electron chi connectivity index (χ4n) is 2.60. The van der Waals surface area contributed by atoms with Crippen molar-refractivity contribution in [1.82, 2.24) is 5.32 Å². The second-order valence-corrected chi connectivity index (χ2v) is 5.44. The minimum absolute atomic E-state index is 0.0939. The van der Waals surface area contributed by atoms with Gasteiger partial charge >= 0.3 is 5.97 Å². The van der Waals surface area contributed by atoms with E-state index in [2.05, 4.69) is 5.32 Å². The molecule has 1 fully saturated rings. The third-order valence-electron chi connectivity index (χ3n) is 4.04. The molecule has 0 unspecified atom stereocenters. The molecule has 4 nitrogen and oxygen atoms in total. The van der Waals surface area contributed by atoms with Gasteiger partial charge in [0.1, 0.15) is 5.82 Å². The second-order valence-electron chi connectivity index (χ2n) is 5.44. The van der Waals surface area contributed by atoms with Crippen LogP contribution >= 0.6 is 0 Å². The van der Waals surface area contributed by atoms with E-state index in [9.17, 15) is 19.1 Å². The highest BCUT2D eigenvalue weighted by Gasteiger charge is 2.41. The van der Waals surface area contributed by atoms with Gasteiger partial charge in [0.05, 0.1) is 5.41 Å². The van der Waals surface area contributed by atoms with Crippen molar-refractivity contribution < 1.29 is 19.1 Å². The number of hydrogen-bond acceptors (Lipinski definition) is 2. The lowest BCUT2D eigenvalue weighted by molar-refractivity contribution is -0.148. The third-order valence-corrected chi connectivity index (χ3v) is 4.04. The largest absolute Gasteiger partial charge is 0.481 e. The molecule has 2 N–H and O–H groups in total. The number of halogens is 1. The first-order chi connectivity index (χ1) is 9.44. The van der Waals surface area contributed by atoms with Gasteiger partial charge in [-0.25, -0.2) is 4.39 Å². The average molecular weight is 279 g/mol. The van der Waals surface area contributed by atoms with Gasteiger partial charge in [-0.15, -0.1) is 0 Å². The fraction of sp³-hybridized carbons (Fsp3) is 0.467. The van der Waals surface area contributed by atoms with Crippen LogP contribution in [0.15, 0.2) is 18.2 Å². The lowest BCUT2D eigenvalue weighted by atomic mass is 9.86. The molecule has 0 atom stereocenters. The van der Waals surface area contributed by atoms with Gasteiger partial charge < -0.3 is 10.4 Å². The Kier molecular flexibility index (Phi) is 4.06. The van der Waals surface area contributed by atoms with Crippen LogP contribution in [0, 0.1) is 18.2 Å². The number of benzene rings is 1. The smallest absolute Gasteiger partial charge is 0.311 e. The predicted octanol–water partition coefficient (Wildman–Crippen LogP) is 2.51. The number of nitrogens with one attached hydrogen (secondary N) is 1. The molecule has 1 aromatic rings. The summed E-state index contributed by atoms with van der Waals surface area (Å²) in [6, 6.07) is 4.25. The van der Waals surface area contributed by atoms with Gasteiger partial charge in [-0.3, -0.25) is 9.59 Å². The highest BCUT2D eigenvalue weighted by atomic mass is 19.1. The number of carboxylic acid groups (broad SMARTS) is 1. The molecule has 1 aliphatic rings. The van der Waals surface area contributed by atoms with Crippen LogP contribution in [-0.2, 0) is 4.79 Å². The monoisotopic (exact) mass is 279 g/mol. The maximum atomic E-state index is 13.4. The summed E-state index contributed by atoms with van der Waals surface area (Å²) in [5.74, 6) is -1.74. The fourth-order valence-corrected chi connectivity index (χ4v) is 2.60. The number of carbonyl (C=O) groups is 2. The molecule has 0 bridgehead atoms. The third kappa shape index (κ3) is 2.81. The van der Waals surface area contributed by atoms with E-state index >= 15 is 0 Å². The quantitative estimate of drug-likeness (QED) is 0.890. The summed E-state index contributed by atoms with van der Waals surface area (Å²) in [5.41, 5.74) is -0.176. The minimum atomic E-state index is -0.870. The molecule has 108 valence electrons. The van der Waals surface area contributed by atoms with E-state index in [1.807, 2.05) is 0 Å². The van der Waals surface area contributed by atoms with Gasteiger partial charge in [-0.05, 0) is 37.5 Å². The van der Waals surface area contributed by atoms with Gasteiger partial charge in [0.25, 0.3) is 5.91 Å². The van der Waals surface area contributed by atoms with E-state index in [0.29, 0.717) is 18.4 Å². The van der Waals surface area contributed by atoms with Crippen molar-refractivity contribution in [2.24, 2.45) is 5.41 Å². The summed E-state index contributed by atoms with van der Waals surface area (Å²) in [7, 11) is 0. The Morgan fingerprint density at radius 1 is 1.35 bits per heavy atom. The number of aliphatic carboxylic acids is 1. The number of amides is 1. The van der Waals surface area contributed by atoms with Crippen molar-refractivity contribution in [3.05, 3.63) is 35.1 Å². The number of rotatable bonds is 4. The highest BCUT2D eigenvalue weighted by Crippen LogP contribution is 2.37. The lowest BCUT2D eigenvalue weighted by Gasteiger charge is -2.24. The zero-order valence-corrected chi connectivity index (χ0v) is 11.4. The lowest BCUT2D eigenvalue weighted by Crippen LogP contribution is -2.41. The molecule has 0 aromatic heterocycles. The summed E-state index contributed by atoms with van der Waals surface area (Å²) in [6.07, 6.45) is 2.87. The Balaban J connectivity index is 2.04. The van der Waals surface area contributed by atoms with Gasteiger partial charge in [0, 0.05) is 12.1 Å². The van der Waals surface area contributed by atoms with Crippen LogP contribution in [0.4, 0.5) is 4.39 Å². The van der Waals surface area contributed by atoms with Gasteiger partial charge in [-0.2, -0.15) is 0 Å². The Morgan fingerprint density at radius 2 is 2.00 bits per heavy atom. The molecule has 0 heterocycles. The standard InChI is InChI=1S/C15H18FNO3/c1-10-4-5-11(8-12(10)16)13(18)17-9-15(14(19)20)6-2-3-7-15/h4-5,8H,2-3,6-7,9H2,1H3,(H,17,18)(H,19,20). The van der Waals surface area contributed by atoms with Crippen LogP contribution in [-0.4, -0.2) is 23.5 Å². The van der Waals surface area contributed by atoms with Crippen molar-refractivity contribution in [3.63, 3.8) is 0 Å². The van der Waals surface area contributed by atoms with Crippen molar-refractivity contribution in [3.8, 4) is 0 Å². The summed E-state index contributed by atoms with van der Waals surface area (Å²) in [5, 5.41) is 11.9. The molecule has 5 heteroatoms. The summed E-state index contributed by atoms with van der Waals surface area (Å²) in [4.78, 5) is 23.3. The van der Waals surface area contributed by atoms with Gasteiger partial charge in [0.2, 0.25) is 0 Å². The molecular weight excluding hydrogens is 261 g/mol. The van der Waals surface area contributed by atoms with Crippen LogP contribution in [0.2, 0.25) is 0 Å². The topological polar surface area (TPSA) is 66.4 Å². The molecule has 1 saturated carbocycles. The Morgan fingerprint density at radius 3 is 2.55 bits per heavy atom. The predicted molar refractivity (Wildman–Crippen MR) is 72.0 cm³/mol. The first-order valence-electron chi connectivity index (χ1n) is 6.72. The molecule has 0 radical (unpaired) electrons. The Bertz CT molecular complexity index is 536. The molecule has 1 amide bonds. The van der Waals surface area contributed by atoms with Crippen molar-refractivity contribution >= 4 is 11.9 Å². The second kappa shape index (κ2) is 5.61. The van der Waals surface area contributed by atoms with E-state index < -0.39 is 23.1 Å². The van der Waals surface area contributed by atoms with E-state index in [0.717, 1.165) is 12.8 Å². The maximum Gasteiger partial charge on any atom is 0.311 e. The average Bonchev–Trinajstić information content (AvgIpc) is 2.89. The molecule has 0 spiro atoms. The molecule has 20 heavy (non-hydrogen) atoms. The molecule has 0 saturated heterocycles. The molecule has 2 rings (SSSR count). The normalized spacial score (nSPS) is 16.9. The zero-order chi connectivity index (χ0) is 14.8. The molecule has 1 aromatic carbocycles. The number of aryl methyl sites for hydroxylation is 1. The van der Waals surface area contributed by atoms with Crippen LogP contribution in [0.1, 0.15) is 41.6 Å². The number of carboxylic acids is 1.